The van der Waals surface area contributed by atoms with E-state index < -0.39 is 0 Å². The van der Waals surface area contributed by atoms with Gasteiger partial charge < -0.3 is 4.57 Å². The van der Waals surface area contributed by atoms with E-state index in [0.717, 1.165) is 147 Å². The summed E-state index contributed by atoms with van der Waals surface area (Å²) in [4.78, 5) is 21.8. The lowest BCUT2D eigenvalue weighted by Crippen LogP contribution is -2.06. The first kappa shape index (κ1) is 63.3. The molecule has 20 aromatic rings. The molecule has 0 bridgehead atoms. The van der Waals surface area contributed by atoms with Gasteiger partial charge in [-0.3, -0.25) is 9.13 Å². The lowest BCUT2D eigenvalue weighted by Gasteiger charge is -2.20. The van der Waals surface area contributed by atoms with Crippen LogP contribution in [0, 0.1) is 0 Å². The van der Waals surface area contributed by atoms with Crippen molar-refractivity contribution in [1.82, 2.24) is 33.6 Å². The van der Waals surface area contributed by atoms with Gasteiger partial charge in [0.25, 0.3) is 0 Å². The highest BCUT2D eigenvalue weighted by Crippen LogP contribution is 2.47. The van der Waals surface area contributed by atoms with E-state index in [0.29, 0.717) is 23.5 Å². The third kappa shape index (κ3) is 11.2. The number of pyridine rings is 1. The zero-order chi connectivity index (χ0) is 71.9. The first-order chi connectivity index (χ1) is 54.0. The minimum atomic E-state index is 0.338. The molecule has 1 aliphatic rings. The molecule has 0 aliphatic heterocycles. The summed E-state index contributed by atoms with van der Waals surface area (Å²) in [6.45, 7) is 0. The van der Waals surface area contributed by atoms with Crippen molar-refractivity contribution in [1.29, 1.82) is 0 Å². The van der Waals surface area contributed by atoms with Crippen LogP contribution in [0.3, 0.4) is 0 Å². The van der Waals surface area contributed by atoms with Crippen LogP contribution in [-0.2, 0) is 12.8 Å². The van der Waals surface area contributed by atoms with Crippen LogP contribution >= 0.6 is 0 Å². The third-order valence-electron chi connectivity index (χ3n) is 22.4. The van der Waals surface area contributed by atoms with Gasteiger partial charge in [-0.2, -0.15) is 9.97 Å². The Kier molecular flexibility index (Phi) is 15.4. The van der Waals surface area contributed by atoms with Crippen LogP contribution in [0.2, 0.25) is 0 Å². The summed E-state index contributed by atoms with van der Waals surface area (Å²) in [5, 5.41) is 6.92. The molecule has 0 fully saturated rings. The van der Waals surface area contributed by atoms with Gasteiger partial charge in [-0.05, 0) is 194 Å². The van der Waals surface area contributed by atoms with Crippen molar-refractivity contribution < 1.29 is 0 Å². The Morgan fingerprint density at radius 1 is 0.266 bits per heavy atom. The molecular weight excluding hydrogens is 1320 g/mol. The summed E-state index contributed by atoms with van der Waals surface area (Å²) in [5.41, 5.74) is 29.2. The number of hydrogen-bond donors (Lipinski definition) is 0. The maximum absolute atomic E-state index is 5.70. The number of rotatable bonds is 13. The van der Waals surface area contributed by atoms with Crippen molar-refractivity contribution in [3.05, 3.63) is 393 Å². The zero-order valence-electron chi connectivity index (χ0n) is 59.6. The van der Waals surface area contributed by atoms with Crippen LogP contribution in [0.4, 0.5) is 0 Å². The first-order valence-electron chi connectivity index (χ1n) is 37.6. The van der Waals surface area contributed by atoms with Crippen molar-refractivity contribution in [3.8, 4) is 118 Å². The van der Waals surface area contributed by atoms with Gasteiger partial charge in [-0.15, -0.1) is 0 Å². The average molecular weight is 1390 g/mol. The molecule has 5 heterocycles. The molecule has 0 spiro atoms. The molecule has 21 rings (SSSR count). The molecule has 0 saturated heterocycles. The topological polar surface area (TPSA) is 66.3 Å². The molecule has 0 N–H and O–H groups in total. The van der Waals surface area contributed by atoms with Crippen LogP contribution in [0.5, 0.6) is 0 Å². The Labute approximate surface area is 631 Å². The van der Waals surface area contributed by atoms with Crippen molar-refractivity contribution in [2.24, 2.45) is 0 Å². The summed E-state index contributed by atoms with van der Waals surface area (Å²) < 4.78 is 7.06. The average Bonchev–Trinajstić information content (AvgIpc) is 1.50. The highest BCUT2D eigenvalue weighted by atomic mass is 15.2. The highest BCUT2D eigenvalue weighted by Gasteiger charge is 2.27. The monoisotopic (exact) mass is 1390 g/mol. The second-order valence-electron chi connectivity index (χ2n) is 28.8. The van der Waals surface area contributed by atoms with Crippen LogP contribution in [0.15, 0.2) is 376 Å². The number of fused-ring (bicyclic) bond motifs is 12. The van der Waals surface area contributed by atoms with E-state index in [1.807, 2.05) is 36.4 Å². The molecule has 109 heavy (non-hydrogen) atoms. The molecule has 5 aromatic heterocycles. The summed E-state index contributed by atoms with van der Waals surface area (Å²) in [7, 11) is 0. The third-order valence-corrected chi connectivity index (χ3v) is 22.4. The lowest BCUT2D eigenvalue weighted by atomic mass is 9.84. The van der Waals surface area contributed by atoms with E-state index >= 15 is 0 Å². The Hall–Kier alpha value is -14.1. The molecule has 15 aromatic carbocycles. The van der Waals surface area contributed by atoms with Crippen molar-refractivity contribution >= 4 is 65.4 Å². The maximum atomic E-state index is 5.70. The number of aryl methyl sites for hydroxylation is 1. The van der Waals surface area contributed by atoms with Crippen molar-refractivity contribution in [2.45, 2.75) is 25.2 Å². The van der Waals surface area contributed by atoms with Gasteiger partial charge in [0.05, 0.1) is 38.8 Å². The molecule has 0 radical (unpaired) electrons. The van der Waals surface area contributed by atoms with E-state index in [1.54, 1.807) is 0 Å². The van der Waals surface area contributed by atoms with Gasteiger partial charge in [0.2, 0.25) is 5.95 Å². The van der Waals surface area contributed by atoms with Gasteiger partial charge in [-0.25, -0.2) is 9.97 Å². The summed E-state index contributed by atoms with van der Waals surface area (Å²) in [6.07, 6.45) is 3.05. The van der Waals surface area contributed by atoms with Crippen LogP contribution < -0.4 is 0 Å². The van der Waals surface area contributed by atoms with E-state index in [2.05, 4.69) is 353 Å². The summed E-state index contributed by atoms with van der Waals surface area (Å²) >= 11 is 0. The largest absolute Gasteiger partial charge is 0.309 e. The smallest absolute Gasteiger partial charge is 0.238 e. The van der Waals surface area contributed by atoms with Gasteiger partial charge in [0.15, 0.2) is 11.6 Å². The lowest BCUT2D eigenvalue weighted by molar-refractivity contribution is 0.629. The summed E-state index contributed by atoms with van der Waals surface area (Å²) in [5.74, 6) is 2.90. The van der Waals surface area contributed by atoms with Gasteiger partial charge >= 0.3 is 0 Å². The molecule has 1 unspecified atom stereocenters. The quantitative estimate of drug-likeness (QED) is 0.115. The van der Waals surface area contributed by atoms with Crippen LogP contribution in [-0.4, -0.2) is 33.6 Å². The van der Waals surface area contributed by atoms with Crippen molar-refractivity contribution in [2.75, 3.05) is 0 Å². The Morgan fingerprint density at radius 3 is 1.49 bits per heavy atom. The zero-order valence-corrected chi connectivity index (χ0v) is 59.6. The molecule has 0 saturated carbocycles. The molecular formula is C102H69N7. The minimum Gasteiger partial charge on any atom is -0.309 e. The van der Waals surface area contributed by atoms with E-state index in [-0.39, 0.29) is 0 Å². The standard InChI is InChI=1S/C102H69N7/c1-6-25-66(26-7-1)57-78-46-45-69-29-16-17-38-82(69)89-59-75(49-54-83(78)89)79-61-88(99-87-41-20-23-44-94(87)109(97(99)64-79)102-105-100(71-32-12-4-13-33-71)104-101(106-102)72-34-14-5-15-35-72)77-37-24-36-73(58-77)80-62-91(70-30-10-3-11-31-70)103-98(65-80)108-93-43-22-18-39-84(93)86-55-50-76(63-96(86)108)74-51-56-95-90(60-74)85-40-19-21-42-92(85)107(95)81-52-47-68(48-53-81)67-27-8-2-9-28-67/h1-44,47-56,58-65,78H,45-46,57H2. The fraction of sp³-hybridized carbons (Fsp3) is 0.0392. The molecule has 0 amide bonds. The fourth-order valence-corrected chi connectivity index (χ4v) is 17.2. The SMILES string of the molecule is c1ccc(CC2CCc3ccccc3-c3cc(-c4cc(-c5cccc(-c6cc(-c7ccccc7)nc(-n7c8ccccc8c8ccc(-c9ccc%10c(c9)c9ccccc9n%10-c9ccc(-c%10ccccc%10)cc9)cc87)c6)c5)c5c6ccccc6n(-c6nc(-c7ccccc7)nc(-c7ccccc7)n6)c5c4)ccc32)cc1. The van der Waals surface area contributed by atoms with Crippen LogP contribution in [0.25, 0.3) is 184 Å². The second-order valence-corrected chi connectivity index (χ2v) is 28.8. The number of para-hydroxylation sites is 3. The normalized spacial score (nSPS) is 12.8. The summed E-state index contributed by atoms with van der Waals surface area (Å²) in [6, 6.07) is 137. The Bertz CT molecular complexity index is 6860. The molecule has 7 nitrogen and oxygen atoms in total. The van der Waals surface area contributed by atoms with Gasteiger partial charge in [0, 0.05) is 54.7 Å². The number of hydrogen-bond acceptors (Lipinski definition) is 4. The Morgan fingerprint density at radius 2 is 0.761 bits per heavy atom. The molecule has 1 aliphatic carbocycles. The number of nitrogens with zero attached hydrogens (tertiary/aromatic N) is 7. The predicted molar refractivity (Wildman–Crippen MR) is 451 cm³/mol. The Balaban J connectivity index is 0.748. The van der Waals surface area contributed by atoms with E-state index in [1.165, 1.54) is 55.2 Å². The molecule has 1 atom stereocenters. The predicted octanol–water partition coefficient (Wildman–Crippen LogP) is 25.8. The fourth-order valence-electron chi connectivity index (χ4n) is 17.2. The van der Waals surface area contributed by atoms with Gasteiger partial charge in [-0.1, -0.05) is 291 Å². The maximum Gasteiger partial charge on any atom is 0.238 e. The molecule has 512 valence electrons. The van der Waals surface area contributed by atoms with E-state index in [4.69, 9.17) is 19.9 Å². The molecule has 7 heteroatoms. The van der Waals surface area contributed by atoms with Crippen LogP contribution in [0.1, 0.15) is 29.0 Å². The van der Waals surface area contributed by atoms with Gasteiger partial charge in [0.1, 0.15) is 5.82 Å². The van der Waals surface area contributed by atoms with Crippen molar-refractivity contribution in [3.63, 3.8) is 0 Å². The van der Waals surface area contributed by atoms with E-state index in [9.17, 15) is 0 Å². The minimum absolute atomic E-state index is 0.338. The number of benzene rings is 15. The second kappa shape index (κ2) is 26.5. The highest BCUT2D eigenvalue weighted by molar-refractivity contribution is 6.18. The first-order valence-corrected chi connectivity index (χ1v) is 37.6. The number of aromatic nitrogens is 7.